The van der Waals surface area contributed by atoms with Crippen molar-refractivity contribution in [3.8, 4) is 0 Å². The van der Waals surface area contributed by atoms with Gasteiger partial charge in [-0.3, -0.25) is 4.98 Å². The summed E-state index contributed by atoms with van der Waals surface area (Å²) in [5.41, 5.74) is 9.45. The molecule has 2 heterocycles. The molecule has 2 aromatic rings. The third-order valence-electron chi connectivity index (χ3n) is 3.33. The normalized spacial score (nSPS) is 23.2. The molecule has 0 amide bonds. The molecule has 0 fully saturated rings. The molecule has 3 nitrogen and oxygen atoms in total. The highest BCUT2D eigenvalue weighted by Gasteiger charge is 2.23. The first kappa shape index (κ1) is 11.4. The molecule has 3 heteroatoms. The van der Waals surface area contributed by atoms with Gasteiger partial charge in [-0.2, -0.15) is 0 Å². The summed E-state index contributed by atoms with van der Waals surface area (Å²) >= 11 is 0. The Morgan fingerprint density at radius 3 is 2.78 bits per heavy atom. The van der Waals surface area contributed by atoms with Gasteiger partial charge in [-0.25, -0.2) is 0 Å². The van der Waals surface area contributed by atoms with Crippen molar-refractivity contribution in [3.63, 3.8) is 0 Å². The molecule has 0 bridgehead atoms. The van der Waals surface area contributed by atoms with Crippen LogP contribution in [0.1, 0.15) is 29.0 Å². The Morgan fingerprint density at radius 2 is 1.94 bits per heavy atom. The van der Waals surface area contributed by atoms with Crippen LogP contribution in [0, 0.1) is 0 Å². The molecule has 0 aliphatic carbocycles. The zero-order valence-corrected chi connectivity index (χ0v) is 10.1. The van der Waals surface area contributed by atoms with Crippen LogP contribution in [0.2, 0.25) is 0 Å². The molecule has 1 aliphatic rings. The van der Waals surface area contributed by atoms with Crippen LogP contribution in [0.25, 0.3) is 0 Å². The predicted octanol–water partition coefficient (Wildman–Crippen LogP) is 2.40. The van der Waals surface area contributed by atoms with Crippen molar-refractivity contribution in [3.05, 3.63) is 65.5 Å². The van der Waals surface area contributed by atoms with Gasteiger partial charge in [-0.1, -0.05) is 36.4 Å². The van der Waals surface area contributed by atoms with Gasteiger partial charge in [0.05, 0.1) is 24.4 Å². The van der Waals surface area contributed by atoms with Crippen LogP contribution in [-0.4, -0.2) is 11.6 Å². The molecular weight excluding hydrogens is 224 g/mol. The number of hydrogen-bond donors (Lipinski definition) is 1. The van der Waals surface area contributed by atoms with Gasteiger partial charge in [0.15, 0.2) is 0 Å². The van der Waals surface area contributed by atoms with Crippen LogP contribution in [0.4, 0.5) is 0 Å². The van der Waals surface area contributed by atoms with Gasteiger partial charge in [0.25, 0.3) is 0 Å². The molecule has 2 atom stereocenters. The summed E-state index contributed by atoms with van der Waals surface area (Å²) in [4.78, 5) is 4.38. The number of rotatable bonds is 1. The van der Waals surface area contributed by atoms with Crippen LogP contribution in [0.3, 0.4) is 0 Å². The molecule has 0 saturated carbocycles. The van der Waals surface area contributed by atoms with Gasteiger partial charge in [-0.05, 0) is 17.2 Å². The van der Waals surface area contributed by atoms with E-state index in [1.807, 2.05) is 24.3 Å². The van der Waals surface area contributed by atoms with Crippen molar-refractivity contribution in [2.75, 3.05) is 6.61 Å². The Morgan fingerprint density at radius 1 is 1.11 bits per heavy atom. The SMILES string of the molecule is N[C@@H]1CO[C@@H](c2ccccc2)Cc2cccnc21. The second-order valence-electron chi connectivity index (χ2n) is 4.59. The zero-order chi connectivity index (χ0) is 12.4. The Balaban J connectivity index is 1.94. The average Bonchev–Trinajstić information content (AvgIpc) is 2.60. The van der Waals surface area contributed by atoms with E-state index in [1.54, 1.807) is 6.20 Å². The van der Waals surface area contributed by atoms with Crippen LogP contribution >= 0.6 is 0 Å². The lowest BCUT2D eigenvalue weighted by Gasteiger charge is -2.15. The number of fused-ring (bicyclic) bond motifs is 1. The van der Waals surface area contributed by atoms with Crippen molar-refractivity contribution in [1.82, 2.24) is 4.98 Å². The first-order chi connectivity index (χ1) is 8.84. The maximum absolute atomic E-state index is 6.10. The maximum atomic E-state index is 6.10. The first-order valence-electron chi connectivity index (χ1n) is 6.20. The molecular formula is C15H16N2O. The number of nitrogens with two attached hydrogens (primary N) is 1. The molecule has 0 unspecified atom stereocenters. The number of aromatic nitrogens is 1. The van der Waals surface area contributed by atoms with E-state index in [0.717, 1.165) is 12.1 Å². The summed E-state index contributed by atoms with van der Waals surface area (Å²) < 4.78 is 5.92. The van der Waals surface area contributed by atoms with E-state index in [-0.39, 0.29) is 12.1 Å². The highest BCUT2D eigenvalue weighted by Crippen LogP contribution is 2.29. The second kappa shape index (κ2) is 4.88. The molecule has 0 spiro atoms. The number of ether oxygens (including phenoxy) is 1. The number of hydrogen-bond acceptors (Lipinski definition) is 3. The molecule has 3 rings (SSSR count). The lowest BCUT2D eigenvalue weighted by atomic mass is 10.00. The van der Waals surface area contributed by atoms with E-state index in [9.17, 15) is 0 Å². The van der Waals surface area contributed by atoms with Crippen LogP contribution in [0.5, 0.6) is 0 Å². The third-order valence-corrected chi connectivity index (χ3v) is 3.33. The summed E-state index contributed by atoms with van der Waals surface area (Å²) in [5, 5.41) is 0. The third kappa shape index (κ3) is 2.15. The van der Waals surface area contributed by atoms with E-state index in [1.165, 1.54) is 11.1 Å². The average molecular weight is 240 g/mol. The van der Waals surface area contributed by atoms with Crippen molar-refractivity contribution in [2.45, 2.75) is 18.6 Å². The molecule has 1 aromatic heterocycles. The lowest BCUT2D eigenvalue weighted by molar-refractivity contribution is 0.0497. The Bertz CT molecular complexity index is 527. The Labute approximate surface area is 107 Å². The topological polar surface area (TPSA) is 48.1 Å². The van der Waals surface area contributed by atoms with Gasteiger partial charge >= 0.3 is 0 Å². The van der Waals surface area contributed by atoms with Gasteiger partial charge in [0, 0.05) is 12.6 Å². The summed E-state index contributed by atoms with van der Waals surface area (Å²) in [7, 11) is 0. The summed E-state index contributed by atoms with van der Waals surface area (Å²) in [5.74, 6) is 0. The van der Waals surface area contributed by atoms with Crippen molar-refractivity contribution in [1.29, 1.82) is 0 Å². The number of benzene rings is 1. The van der Waals surface area contributed by atoms with Gasteiger partial charge in [0.1, 0.15) is 0 Å². The molecule has 1 aliphatic heterocycles. The van der Waals surface area contributed by atoms with E-state index in [4.69, 9.17) is 10.5 Å². The van der Waals surface area contributed by atoms with Gasteiger partial charge in [0.2, 0.25) is 0 Å². The minimum absolute atomic E-state index is 0.0719. The predicted molar refractivity (Wildman–Crippen MR) is 70.0 cm³/mol. The zero-order valence-electron chi connectivity index (χ0n) is 10.1. The van der Waals surface area contributed by atoms with Crippen LogP contribution in [0.15, 0.2) is 48.7 Å². The molecule has 2 N–H and O–H groups in total. The summed E-state index contributed by atoms with van der Waals surface area (Å²) in [6.45, 7) is 0.517. The molecule has 0 saturated heterocycles. The Kier molecular flexibility index (Phi) is 3.09. The summed E-state index contributed by atoms with van der Waals surface area (Å²) in [6, 6.07) is 14.2. The Hall–Kier alpha value is -1.71. The van der Waals surface area contributed by atoms with Gasteiger partial charge < -0.3 is 10.5 Å². The quantitative estimate of drug-likeness (QED) is 0.832. The largest absolute Gasteiger partial charge is 0.371 e. The second-order valence-corrected chi connectivity index (χ2v) is 4.59. The standard InChI is InChI=1S/C15H16N2O/c16-13-10-18-14(11-5-2-1-3-6-11)9-12-7-4-8-17-15(12)13/h1-8,13-14H,9-10,16H2/t13-,14-/m1/s1. The summed E-state index contributed by atoms with van der Waals surface area (Å²) in [6.07, 6.45) is 2.70. The van der Waals surface area contributed by atoms with Crippen LogP contribution in [-0.2, 0) is 11.2 Å². The maximum Gasteiger partial charge on any atom is 0.0866 e. The van der Waals surface area contributed by atoms with Crippen molar-refractivity contribution < 1.29 is 4.74 Å². The number of pyridine rings is 1. The monoisotopic (exact) mass is 240 g/mol. The molecule has 0 radical (unpaired) electrons. The van der Waals surface area contributed by atoms with E-state index < -0.39 is 0 Å². The van der Waals surface area contributed by atoms with E-state index in [0.29, 0.717) is 6.61 Å². The highest BCUT2D eigenvalue weighted by molar-refractivity contribution is 5.28. The number of nitrogens with zero attached hydrogens (tertiary/aromatic N) is 1. The highest BCUT2D eigenvalue weighted by atomic mass is 16.5. The fourth-order valence-electron chi connectivity index (χ4n) is 2.40. The van der Waals surface area contributed by atoms with E-state index >= 15 is 0 Å². The molecule has 1 aromatic carbocycles. The minimum Gasteiger partial charge on any atom is -0.371 e. The van der Waals surface area contributed by atoms with Crippen LogP contribution < -0.4 is 5.73 Å². The fraction of sp³-hybridized carbons (Fsp3) is 0.267. The lowest BCUT2D eigenvalue weighted by Crippen LogP contribution is -2.17. The van der Waals surface area contributed by atoms with E-state index in [2.05, 4.69) is 23.2 Å². The fourth-order valence-corrected chi connectivity index (χ4v) is 2.40. The minimum atomic E-state index is -0.130. The molecule has 92 valence electrons. The van der Waals surface area contributed by atoms with Crippen molar-refractivity contribution >= 4 is 0 Å². The smallest absolute Gasteiger partial charge is 0.0866 e. The van der Waals surface area contributed by atoms with Crippen molar-refractivity contribution in [2.24, 2.45) is 5.73 Å². The van der Waals surface area contributed by atoms with Gasteiger partial charge in [-0.15, -0.1) is 0 Å². The first-order valence-corrected chi connectivity index (χ1v) is 6.20. The molecule has 18 heavy (non-hydrogen) atoms.